The number of amides is 1. The van der Waals surface area contributed by atoms with Crippen LogP contribution < -0.4 is 0 Å². The molecule has 78 valence electrons. The van der Waals surface area contributed by atoms with Gasteiger partial charge in [-0.1, -0.05) is 20.3 Å². The van der Waals surface area contributed by atoms with E-state index in [4.69, 9.17) is 0 Å². The van der Waals surface area contributed by atoms with Gasteiger partial charge < -0.3 is 9.80 Å². The number of likely N-dealkylation sites (tertiary alicyclic amines) is 1. The fraction of sp³-hybridized carbons (Fsp3) is 0.900. The quantitative estimate of drug-likeness (QED) is 0.605. The molecular formula is C10H22N2O. The highest BCUT2D eigenvalue weighted by molar-refractivity contribution is 5.47. The van der Waals surface area contributed by atoms with Gasteiger partial charge in [-0.05, 0) is 20.5 Å². The van der Waals surface area contributed by atoms with Gasteiger partial charge in [0, 0.05) is 19.1 Å². The number of carbonyl (C=O) groups excluding carboxylic acids is 1. The Balaban J connectivity index is 0.000000424. The molecule has 1 amide bonds. The van der Waals surface area contributed by atoms with E-state index in [1.807, 2.05) is 4.90 Å². The molecular weight excluding hydrogens is 164 g/mol. The van der Waals surface area contributed by atoms with Crippen LogP contribution in [0.1, 0.15) is 26.7 Å². The molecule has 1 fully saturated rings. The molecule has 1 unspecified atom stereocenters. The smallest absolute Gasteiger partial charge is 0.209 e. The van der Waals surface area contributed by atoms with Crippen LogP contribution in [-0.2, 0) is 4.79 Å². The molecule has 1 heterocycles. The van der Waals surface area contributed by atoms with Crippen molar-refractivity contribution in [1.29, 1.82) is 0 Å². The maximum atomic E-state index is 10.3. The van der Waals surface area contributed by atoms with E-state index in [2.05, 4.69) is 32.8 Å². The third-order valence-electron chi connectivity index (χ3n) is 2.07. The molecule has 0 aliphatic carbocycles. The maximum absolute atomic E-state index is 10.3. The summed E-state index contributed by atoms with van der Waals surface area (Å²) in [6.07, 6.45) is 3.30. The van der Waals surface area contributed by atoms with Gasteiger partial charge in [0.2, 0.25) is 6.41 Å². The monoisotopic (exact) mass is 186 g/mol. The molecule has 3 nitrogen and oxygen atoms in total. The van der Waals surface area contributed by atoms with E-state index in [1.54, 1.807) is 0 Å². The van der Waals surface area contributed by atoms with Gasteiger partial charge in [-0.25, -0.2) is 0 Å². The molecule has 0 N–H and O–H groups in total. The zero-order valence-electron chi connectivity index (χ0n) is 9.29. The predicted molar refractivity (Wildman–Crippen MR) is 55.7 cm³/mol. The van der Waals surface area contributed by atoms with Crippen LogP contribution in [0.4, 0.5) is 0 Å². The topological polar surface area (TPSA) is 23.6 Å². The molecule has 0 aromatic rings. The zero-order valence-corrected chi connectivity index (χ0v) is 9.29. The predicted octanol–water partition coefficient (Wildman–Crippen LogP) is 1.19. The first-order valence-corrected chi connectivity index (χ1v) is 5.01. The first kappa shape index (κ1) is 12.4. The molecule has 1 rings (SSSR count). The molecule has 3 heteroatoms. The van der Waals surface area contributed by atoms with Crippen LogP contribution in [0, 0.1) is 0 Å². The van der Waals surface area contributed by atoms with Crippen molar-refractivity contribution in [3.8, 4) is 0 Å². The van der Waals surface area contributed by atoms with Gasteiger partial charge in [0.05, 0.1) is 0 Å². The van der Waals surface area contributed by atoms with E-state index in [9.17, 15) is 4.79 Å². The Morgan fingerprint density at radius 3 is 2.23 bits per heavy atom. The van der Waals surface area contributed by atoms with Gasteiger partial charge in [-0.2, -0.15) is 0 Å². The van der Waals surface area contributed by atoms with E-state index in [1.165, 1.54) is 6.42 Å². The minimum absolute atomic E-state index is 0.574. The Morgan fingerprint density at radius 1 is 1.46 bits per heavy atom. The summed E-state index contributed by atoms with van der Waals surface area (Å²) < 4.78 is 0. The SMILES string of the molecule is CCC.CN(C)C1CCN(C=O)C1. The number of rotatable bonds is 2. The second kappa shape index (κ2) is 6.89. The molecule has 0 spiro atoms. The van der Waals surface area contributed by atoms with Crippen LogP contribution in [0.5, 0.6) is 0 Å². The number of nitrogens with zero attached hydrogens (tertiary/aromatic N) is 2. The molecule has 0 aromatic carbocycles. The number of carbonyl (C=O) groups is 1. The van der Waals surface area contributed by atoms with Gasteiger partial charge in [-0.3, -0.25) is 4.79 Å². The van der Waals surface area contributed by atoms with Gasteiger partial charge in [0.1, 0.15) is 0 Å². The van der Waals surface area contributed by atoms with Crippen LogP contribution in [0.25, 0.3) is 0 Å². The summed E-state index contributed by atoms with van der Waals surface area (Å²) in [5, 5.41) is 0. The van der Waals surface area contributed by atoms with Crippen molar-refractivity contribution < 1.29 is 4.79 Å². The van der Waals surface area contributed by atoms with E-state index in [0.29, 0.717) is 6.04 Å². The lowest BCUT2D eigenvalue weighted by atomic mass is 10.2. The molecule has 1 atom stereocenters. The first-order chi connectivity index (χ1) is 6.15. The lowest BCUT2D eigenvalue weighted by Gasteiger charge is -2.17. The van der Waals surface area contributed by atoms with Crippen molar-refractivity contribution in [1.82, 2.24) is 9.80 Å². The van der Waals surface area contributed by atoms with Crippen molar-refractivity contribution in [2.24, 2.45) is 0 Å². The summed E-state index contributed by atoms with van der Waals surface area (Å²) in [6, 6.07) is 0.574. The molecule has 0 radical (unpaired) electrons. The van der Waals surface area contributed by atoms with Gasteiger partial charge in [0.25, 0.3) is 0 Å². The summed E-state index contributed by atoms with van der Waals surface area (Å²) >= 11 is 0. The third kappa shape index (κ3) is 4.88. The Hall–Kier alpha value is -0.570. The average molecular weight is 186 g/mol. The van der Waals surface area contributed by atoms with Crippen LogP contribution >= 0.6 is 0 Å². The second-order valence-corrected chi connectivity index (χ2v) is 3.71. The summed E-state index contributed by atoms with van der Waals surface area (Å²) in [4.78, 5) is 14.3. The van der Waals surface area contributed by atoms with Crippen LogP contribution in [0.2, 0.25) is 0 Å². The first-order valence-electron chi connectivity index (χ1n) is 5.01. The molecule has 1 aliphatic heterocycles. The van der Waals surface area contributed by atoms with Crippen molar-refractivity contribution in [2.45, 2.75) is 32.7 Å². The van der Waals surface area contributed by atoms with Crippen LogP contribution in [0.15, 0.2) is 0 Å². The Morgan fingerprint density at radius 2 is 2.00 bits per heavy atom. The zero-order chi connectivity index (χ0) is 10.3. The lowest BCUT2D eigenvalue weighted by Crippen LogP contribution is -2.30. The van der Waals surface area contributed by atoms with E-state index < -0.39 is 0 Å². The summed E-state index contributed by atoms with van der Waals surface area (Å²) in [5.41, 5.74) is 0. The molecule has 1 aliphatic rings. The molecule has 0 bridgehead atoms. The number of hydrogen-bond acceptors (Lipinski definition) is 2. The van der Waals surface area contributed by atoms with Crippen molar-refractivity contribution in [2.75, 3.05) is 27.2 Å². The van der Waals surface area contributed by atoms with Crippen molar-refractivity contribution in [3.63, 3.8) is 0 Å². The van der Waals surface area contributed by atoms with Gasteiger partial charge >= 0.3 is 0 Å². The third-order valence-corrected chi connectivity index (χ3v) is 2.07. The number of likely N-dealkylation sites (N-methyl/N-ethyl adjacent to an activating group) is 1. The number of hydrogen-bond donors (Lipinski definition) is 0. The maximum Gasteiger partial charge on any atom is 0.209 e. The lowest BCUT2D eigenvalue weighted by molar-refractivity contribution is -0.117. The molecule has 1 saturated heterocycles. The minimum Gasteiger partial charge on any atom is -0.344 e. The Labute approximate surface area is 81.7 Å². The fourth-order valence-corrected chi connectivity index (χ4v) is 1.29. The highest BCUT2D eigenvalue weighted by Crippen LogP contribution is 2.10. The van der Waals surface area contributed by atoms with E-state index >= 15 is 0 Å². The molecule has 0 saturated carbocycles. The highest BCUT2D eigenvalue weighted by Gasteiger charge is 2.21. The van der Waals surface area contributed by atoms with Gasteiger partial charge in [0.15, 0.2) is 0 Å². The van der Waals surface area contributed by atoms with Gasteiger partial charge in [-0.15, -0.1) is 0 Å². The van der Waals surface area contributed by atoms with Crippen molar-refractivity contribution >= 4 is 6.41 Å². The summed E-state index contributed by atoms with van der Waals surface area (Å²) in [7, 11) is 4.11. The normalized spacial score (nSPS) is 21.3. The Kier molecular flexibility index (Phi) is 6.59. The standard InChI is InChI=1S/C7H14N2O.C3H8/c1-8(2)7-3-4-9(5-7)6-10;1-3-2/h6-7H,3-5H2,1-2H3;3H2,1-2H3. The van der Waals surface area contributed by atoms with E-state index in [-0.39, 0.29) is 0 Å². The molecule has 0 aromatic heterocycles. The van der Waals surface area contributed by atoms with Crippen LogP contribution in [0.3, 0.4) is 0 Å². The van der Waals surface area contributed by atoms with Crippen molar-refractivity contribution in [3.05, 3.63) is 0 Å². The highest BCUT2D eigenvalue weighted by atomic mass is 16.1. The average Bonchev–Trinajstić information content (AvgIpc) is 2.53. The minimum atomic E-state index is 0.574. The summed E-state index contributed by atoms with van der Waals surface area (Å²) in [6.45, 7) is 6.07. The molecule has 13 heavy (non-hydrogen) atoms. The fourth-order valence-electron chi connectivity index (χ4n) is 1.29. The largest absolute Gasteiger partial charge is 0.344 e. The summed E-state index contributed by atoms with van der Waals surface area (Å²) in [5.74, 6) is 0. The van der Waals surface area contributed by atoms with E-state index in [0.717, 1.165) is 25.9 Å². The Bertz CT molecular complexity index is 137. The van der Waals surface area contributed by atoms with Crippen LogP contribution in [-0.4, -0.2) is 49.4 Å². The second-order valence-electron chi connectivity index (χ2n) is 3.71.